The van der Waals surface area contributed by atoms with Gasteiger partial charge in [0.05, 0.1) is 10.5 Å². The Morgan fingerprint density at radius 2 is 1.59 bits per heavy atom. The fourth-order valence-electron chi connectivity index (χ4n) is 3.28. The lowest BCUT2D eigenvalue weighted by atomic mass is 10.0. The summed E-state index contributed by atoms with van der Waals surface area (Å²) in [4.78, 5) is 22.5. The second-order valence-electron chi connectivity index (χ2n) is 7.31. The van der Waals surface area contributed by atoms with E-state index in [0.717, 1.165) is 18.9 Å². The molecule has 2 aromatic carbocycles. The second kappa shape index (κ2) is 11.8. The van der Waals surface area contributed by atoms with E-state index in [4.69, 9.17) is 0 Å². The lowest BCUT2D eigenvalue weighted by Crippen LogP contribution is -2.12. The first-order chi connectivity index (χ1) is 14.0. The van der Waals surface area contributed by atoms with Crippen molar-refractivity contribution in [2.45, 2.75) is 64.7 Å². The number of nitrogens with one attached hydrogen (secondary N) is 1. The van der Waals surface area contributed by atoms with Gasteiger partial charge in [-0.05, 0) is 36.6 Å². The number of carbonyl (C=O) groups excluding carboxylic acids is 1. The highest BCUT2D eigenvalue weighted by Crippen LogP contribution is 2.29. The van der Waals surface area contributed by atoms with Crippen molar-refractivity contribution < 1.29 is 14.8 Å². The van der Waals surface area contributed by atoms with Gasteiger partial charge in [0.2, 0.25) is 5.75 Å². The van der Waals surface area contributed by atoms with Crippen LogP contribution < -0.4 is 5.32 Å². The van der Waals surface area contributed by atoms with E-state index in [9.17, 15) is 20.0 Å². The number of unbranched alkanes of at least 4 members (excludes halogenated alkanes) is 7. The molecule has 0 aliphatic rings. The Labute approximate surface area is 172 Å². The molecule has 0 fully saturated rings. The number of amides is 1. The normalized spacial score (nSPS) is 10.7. The summed E-state index contributed by atoms with van der Waals surface area (Å²) < 4.78 is 0. The Kier molecular flexibility index (Phi) is 9.15. The minimum atomic E-state index is -0.716. The first kappa shape index (κ1) is 22.4. The number of benzene rings is 2. The summed E-state index contributed by atoms with van der Waals surface area (Å²) in [5.41, 5.74) is 1.19. The summed E-state index contributed by atoms with van der Waals surface area (Å²) in [6, 6.07) is 11.5. The van der Waals surface area contributed by atoms with Crippen molar-refractivity contribution in [3.05, 3.63) is 63.7 Å². The largest absolute Gasteiger partial charge is 0.502 e. The number of nitrogens with zero attached hydrogens (tertiary/aromatic N) is 1. The number of nitro groups is 1. The molecule has 0 aromatic heterocycles. The molecule has 156 valence electrons. The molecule has 0 atom stereocenters. The summed E-state index contributed by atoms with van der Waals surface area (Å²) in [5, 5.41) is 23.5. The number of rotatable bonds is 12. The number of anilines is 1. The van der Waals surface area contributed by atoms with Gasteiger partial charge in [0.1, 0.15) is 0 Å². The van der Waals surface area contributed by atoms with Crippen LogP contribution in [0.5, 0.6) is 5.75 Å². The molecule has 0 unspecified atom stereocenters. The second-order valence-corrected chi connectivity index (χ2v) is 7.31. The third-order valence-electron chi connectivity index (χ3n) is 4.99. The van der Waals surface area contributed by atoms with Gasteiger partial charge in [-0.2, -0.15) is 0 Å². The zero-order valence-corrected chi connectivity index (χ0v) is 17.0. The molecule has 2 rings (SSSR count). The lowest BCUT2D eigenvalue weighted by Gasteiger charge is -2.08. The van der Waals surface area contributed by atoms with Gasteiger partial charge in [-0.1, -0.05) is 70.1 Å². The van der Waals surface area contributed by atoms with E-state index in [1.807, 2.05) is 24.3 Å². The number of hydrogen-bond acceptors (Lipinski definition) is 4. The third-order valence-corrected chi connectivity index (χ3v) is 4.99. The summed E-state index contributed by atoms with van der Waals surface area (Å²) in [6.07, 6.45) is 11.3. The van der Waals surface area contributed by atoms with E-state index in [0.29, 0.717) is 5.69 Å². The number of nitro benzene ring substituents is 1. The van der Waals surface area contributed by atoms with Gasteiger partial charge in [0.15, 0.2) is 0 Å². The van der Waals surface area contributed by atoms with Crippen LogP contribution in [-0.4, -0.2) is 15.9 Å². The number of aryl methyl sites for hydroxylation is 1. The van der Waals surface area contributed by atoms with Crippen molar-refractivity contribution in [3.63, 3.8) is 0 Å². The molecular weight excluding hydrogens is 368 g/mol. The van der Waals surface area contributed by atoms with Crippen molar-refractivity contribution in [1.29, 1.82) is 0 Å². The number of carbonyl (C=O) groups is 1. The maximum atomic E-state index is 12.3. The van der Waals surface area contributed by atoms with E-state index in [1.54, 1.807) is 0 Å². The van der Waals surface area contributed by atoms with Gasteiger partial charge in [0, 0.05) is 11.8 Å². The number of phenolic OH excluding ortho intramolecular Hbond substituents is 1. The maximum absolute atomic E-state index is 12.3. The zero-order valence-electron chi connectivity index (χ0n) is 17.0. The van der Waals surface area contributed by atoms with Crippen LogP contribution in [0.1, 0.15) is 74.2 Å². The van der Waals surface area contributed by atoms with Gasteiger partial charge in [-0.25, -0.2) is 0 Å². The van der Waals surface area contributed by atoms with Crippen LogP contribution in [0.15, 0.2) is 42.5 Å². The highest BCUT2D eigenvalue weighted by atomic mass is 16.6. The number of hydrogen-bond donors (Lipinski definition) is 2. The van der Waals surface area contributed by atoms with E-state index in [2.05, 4.69) is 12.2 Å². The Bertz CT molecular complexity index is 803. The van der Waals surface area contributed by atoms with Crippen molar-refractivity contribution in [2.24, 2.45) is 0 Å². The first-order valence-electron chi connectivity index (χ1n) is 10.4. The van der Waals surface area contributed by atoms with Crippen molar-refractivity contribution >= 4 is 17.3 Å². The molecule has 2 aromatic rings. The zero-order chi connectivity index (χ0) is 21.1. The summed E-state index contributed by atoms with van der Waals surface area (Å²) >= 11 is 0. The van der Waals surface area contributed by atoms with Gasteiger partial charge in [-0.3, -0.25) is 14.9 Å². The average Bonchev–Trinajstić information content (AvgIpc) is 2.71. The molecule has 0 aliphatic carbocycles. The summed E-state index contributed by atoms with van der Waals surface area (Å²) in [7, 11) is 0. The van der Waals surface area contributed by atoms with Crippen LogP contribution in [0.4, 0.5) is 11.4 Å². The Morgan fingerprint density at radius 1 is 0.966 bits per heavy atom. The molecule has 0 heterocycles. The molecule has 1 amide bonds. The summed E-state index contributed by atoms with van der Waals surface area (Å²) in [6.45, 7) is 2.23. The predicted octanol–water partition coefficient (Wildman–Crippen LogP) is 6.24. The SMILES string of the molecule is CCCCCCCCCCc1ccc(NC(=O)c2cccc([N+](=O)[O-])c2O)cc1. The van der Waals surface area contributed by atoms with Crippen molar-refractivity contribution in [3.8, 4) is 5.75 Å². The molecule has 6 heteroatoms. The highest BCUT2D eigenvalue weighted by molar-refractivity contribution is 6.06. The van der Waals surface area contributed by atoms with Crippen LogP contribution in [0.3, 0.4) is 0 Å². The van der Waals surface area contributed by atoms with Gasteiger partial charge < -0.3 is 10.4 Å². The van der Waals surface area contributed by atoms with Gasteiger partial charge in [0.25, 0.3) is 5.91 Å². The number of para-hydroxylation sites is 1. The minimum absolute atomic E-state index is 0.123. The molecule has 0 spiro atoms. The standard InChI is InChI=1S/C23H30N2O4/c1-2-3-4-5-6-7-8-9-11-18-14-16-19(17-15-18)24-23(27)20-12-10-13-21(22(20)26)25(28)29/h10,12-17,26H,2-9,11H2,1H3,(H,24,27). The predicted molar refractivity (Wildman–Crippen MR) is 115 cm³/mol. The quantitative estimate of drug-likeness (QED) is 0.251. The van der Waals surface area contributed by atoms with Gasteiger partial charge >= 0.3 is 5.69 Å². The smallest absolute Gasteiger partial charge is 0.311 e. The van der Waals surface area contributed by atoms with Crippen LogP contribution in [0.25, 0.3) is 0 Å². The van der Waals surface area contributed by atoms with Crippen LogP contribution in [0, 0.1) is 10.1 Å². The van der Waals surface area contributed by atoms with E-state index in [-0.39, 0.29) is 5.56 Å². The van der Waals surface area contributed by atoms with Gasteiger partial charge in [-0.15, -0.1) is 0 Å². The van der Waals surface area contributed by atoms with Crippen molar-refractivity contribution in [2.75, 3.05) is 5.32 Å². The molecule has 29 heavy (non-hydrogen) atoms. The number of phenols is 1. The lowest BCUT2D eigenvalue weighted by molar-refractivity contribution is -0.385. The fraction of sp³-hybridized carbons (Fsp3) is 0.435. The topological polar surface area (TPSA) is 92.5 Å². The monoisotopic (exact) mass is 398 g/mol. The minimum Gasteiger partial charge on any atom is -0.502 e. The summed E-state index contributed by atoms with van der Waals surface area (Å²) in [5.74, 6) is -1.21. The maximum Gasteiger partial charge on any atom is 0.311 e. The molecule has 0 saturated carbocycles. The highest BCUT2D eigenvalue weighted by Gasteiger charge is 2.20. The molecule has 0 saturated heterocycles. The Balaban J connectivity index is 1.80. The van der Waals surface area contributed by atoms with E-state index < -0.39 is 22.3 Å². The van der Waals surface area contributed by atoms with Crippen molar-refractivity contribution in [1.82, 2.24) is 0 Å². The van der Waals surface area contributed by atoms with E-state index >= 15 is 0 Å². The average molecular weight is 399 g/mol. The molecule has 0 bridgehead atoms. The molecule has 2 N–H and O–H groups in total. The Morgan fingerprint density at radius 3 is 2.21 bits per heavy atom. The molecule has 6 nitrogen and oxygen atoms in total. The molecule has 0 radical (unpaired) electrons. The van der Waals surface area contributed by atoms with E-state index in [1.165, 1.54) is 62.6 Å². The first-order valence-corrected chi connectivity index (χ1v) is 10.4. The third kappa shape index (κ3) is 7.22. The van der Waals surface area contributed by atoms with Crippen LogP contribution >= 0.6 is 0 Å². The fourth-order valence-corrected chi connectivity index (χ4v) is 3.28. The Hall–Kier alpha value is -2.89. The molecule has 0 aliphatic heterocycles. The van der Waals surface area contributed by atoms with Crippen LogP contribution in [-0.2, 0) is 6.42 Å². The number of aromatic hydroxyl groups is 1. The van der Waals surface area contributed by atoms with Crippen LogP contribution in [0.2, 0.25) is 0 Å². The molecular formula is C23H30N2O4.